The molecule has 0 bridgehead atoms. The Balaban J connectivity index is 0.000000760. The Bertz CT molecular complexity index is 2310. The normalized spacial score (nSPS) is 14.2. The molecule has 2 amide bonds. The van der Waals surface area contributed by atoms with Crippen LogP contribution < -0.4 is 10.6 Å². The van der Waals surface area contributed by atoms with E-state index in [9.17, 15) is 33.9 Å². The fourth-order valence-electron chi connectivity index (χ4n) is 6.87. The fraction of sp³-hybridized carbons (Fsp3) is 0.579. The molecule has 0 spiro atoms. The smallest absolute Gasteiger partial charge is 0.408 e. The highest BCUT2D eigenvalue weighted by Crippen LogP contribution is 2.21. The van der Waals surface area contributed by atoms with E-state index in [1.54, 1.807) is 66.7 Å². The summed E-state index contributed by atoms with van der Waals surface area (Å²) in [7, 11) is 0. The second-order valence-corrected chi connectivity index (χ2v) is 25.2. The molecule has 0 aliphatic rings. The van der Waals surface area contributed by atoms with Gasteiger partial charge in [-0.3, -0.25) is 9.59 Å². The number of aromatic nitrogens is 2. The van der Waals surface area contributed by atoms with Crippen LogP contribution in [-0.4, -0.2) is 92.4 Å². The van der Waals surface area contributed by atoms with Crippen LogP contribution in [0.25, 0.3) is 0 Å². The summed E-state index contributed by atoms with van der Waals surface area (Å²) in [5.74, 6) is 9.51. The van der Waals surface area contributed by atoms with E-state index in [0.717, 1.165) is 47.9 Å². The van der Waals surface area contributed by atoms with E-state index in [1.165, 1.54) is 36.5 Å². The van der Waals surface area contributed by atoms with Gasteiger partial charge in [0.1, 0.15) is 23.4 Å². The van der Waals surface area contributed by atoms with Crippen LogP contribution in [0.3, 0.4) is 0 Å². The van der Waals surface area contributed by atoms with Gasteiger partial charge in [-0.05, 0) is 181 Å². The minimum atomic E-state index is -0.648. The maximum absolute atomic E-state index is 12.3. The van der Waals surface area contributed by atoms with E-state index in [-0.39, 0.29) is 11.6 Å². The number of rotatable bonds is 24. The lowest BCUT2D eigenvalue weighted by molar-refractivity contribution is -0.140. The minimum absolute atomic E-state index is 0.120. The average Bonchev–Trinajstić information content (AvgIpc) is 3.89. The Morgan fingerprint density at radius 3 is 1.33 bits per heavy atom. The van der Waals surface area contributed by atoms with Crippen molar-refractivity contribution in [2.45, 2.75) is 210 Å². The fourth-order valence-corrected chi connectivity index (χ4v) is 9.20. The number of carbonyl (C=O) groups excluding carboxylic acids is 6. The molecule has 0 radical (unpaired) electrons. The van der Waals surface area contributed by atoms with Gasteiger partial charge in [-0.2, -0.15) is 0 Å². The number of ketones is 2. The van der Waals surface area contributed by atoms with Crippen molar-refractivity contribution in [3.05, 3.63) is 76.6 Å². The van der Waals surface area contributed by atoms with Crippen LogP contribution in [0.15, 0.2) is 55.2 Å². The maximum atomic E-state index is 12.3. The van der Waals surface area contributed by atoms with Gasteiger partial charge in [0, 0.05) is 35.4 Å². The largest absolute Gasteiger partial charge is 0.448 e. The zero-order chi connectivity index (χ0) is 57.8. The second kappa shape index (κ2) is 35.5. The average molecular weight is 1220 g/mol. The number of Topliss-reactive ketones (excluding diaryl/α,β-unsaturated/α-hetero) is 2. The van der Waals surface area contributed by atoms with Gasteiger partial charge in [-0.15, -0.1) is 22.7 Å². The van der Waals surface area contributed by atoms with Crippen molar-refractivity contribution >= 4 is 90.2 Å². The van der Waals surface area contributed by atoms with Crippen LogP contribution in [-0.2, 0) is 63.8 Å². The van der Waals surface area contributed by atoms with Crippen LogP contribution >= 0.6 is 54.5 Å². The van der Waals surface area contributed by atoms with E-state index in [1.807, 2.05) is 44.5 Å². The van der Waals surface area contributed by atoms with E-state index in [2.05, 4.69) is 90.0 Å². The molecule has 76 heavy (non-hydrogen) atoms. The standard InChI is InChI=1S/C29H41BrN2O5S.C28H39BrN2O6S/c1-19(2)15-20(3)11-9-14-27(34)36-24(16-21(4)30)17-26-31-23(18-38-26)12-10-13-25(22(5)33)32-28(35)37-29(6,7)8;1-18(14-20(3)32)10-8-13-26(34)36-23(15-19(2)29)16-25-30-22(17-38-25)11-9-12-24(21(4)33)31-27(35)37-28(5,6)7/h11,16,18-19,24-25H,10,12-13,15,17H2,1-8H3,(H,32,35);10,15,17,20,23-24,32H,9,11-12,14,16H2,1-7H3,(H,31,35)/b20-11+,21-16+;18-10+,19-15+/t24-,25-;20-,23+,24+/m10/s1. The monoisotopic (exact) mass is 1220 g/mol. The molecule has 15 nitrogen and oxygen atoms in total. The number of hydrogen-bond acceptors (Lipinski definition) is 15. The number of allylic oxidation sites excluding steroid dienone is 5. The molecule has 0 aliphatic heterocycles. The number of aliphatic hydroxyl groups excluding tert-OH is 1. The number of hydrogen-bond donors (Lipinski definition) is 3. The van der Waals surface area contributed by atoms with Gasteiger partial charge in [-0.1, -0.05) is 68.7 Å². The number of esters is 2. The van der Waals surface area contributed by atoms with Gasteiger partial charge in [0.15, 0.2) is 11.6 Å². The number of halogens is 2. The number of amides is 2. The molecular weight excluding hydrogens is 1140 g/mol. The van der Waals surface area contributed by atoms with Crippen molar-refractivity contribution < 1.29 is 52.8 Å². The van der Waals surface area contributed by atoms with Gasteiger partial charge in [0.25, 0.3) is 0 Å². The number of ether oxygens (including phenoxy) is 4. The number of nitrogens with zero attached hydrogens (tertiary/aromatic N) is 2. The van der Waals surface area contributed by atoms with Crippen LogP contribution in [0, 0.1) is 29.6 Å². The Hall–Kier alpha value is -4.92. The van der Waals surface area contributed by atoms with E-state index < -0.39 is 65.7 Å². The highest BCUT2D eigenvalue weighted by Gasteiger charge is 2.24. The summed E-state index contributed by atoms with van der Waals surface area (Å²) in [6, 6.07) is -1.23. The van der Waals surface area contributed by atoms with Crippen LogP contribution in [0.2, 0.25) is 0 Å². The Kier molecular flexibility index (Phi) is 32.3. The summed E-state index contributed by atoms with van der Waals surface area (Å²) in [6.07, 6.45) is 10.0. The van der Waals surface area contributed by atoms with Crippen molar-refractivity contribution in [1.29, 1.82) is 0 Å². The first-order valence-corrected chi connectivity index (χ1v) is 28.6. The first-order chi connectivity index (χ1) is 35.3. The van der Waals surface area contributed by atoms with E-state index >= 15 is 0 Å². The number of thiazole rings is 2. The molecule has 3 N–H and O–H groups in total. The Morgan fingerprint density at radius 2 is 1.01 bits per heavy atom. The van der Waals surface area contributed by atoms with Crippen molar-refractivity contribution in [1.82, 2.24) is 20.6 Å². The summed E-state index contributed by atoms with van der Waals surface area (Å²) in [5.41, 5.74) is 2.48. The predicted octanol–water partition coefficient (Wildman–Crippen LogP) is 12.1. The summed E-state index contributed by atoms with van der Waals surface area (Å²) in [5, 5.41) is 20.2. The lowest BCUT2D eigenvalue weighted by atomic mass is 10.0. The summed E-state index contributed by atoms with van der Waals surface area (Å²) < 4.78 is 23.3. The Morgan fingerprint density at radius 1 is 0.645 bits per heavy atom. The molecule has 0 saturated heterocycles. The number of nitrogens with one attached hydrogen (secondary N) is 2. The minimum Gasteiger partial charge on any atom is -0.448 e. The zero-order valence-corrected chi connectivity index (χ0v) is 51.8. The molecule has 0 saturated carbocycles. The molecule has 19 heteroatoms. The van der Waals surface area contributed by atoms with E-state index in [4.69, 9.17) is 18.9 Å². The number of aliphatic hydroxyl groups is 1. The van der Waals surface area contributed by atoms with Gasteiger partial charge >= 0.3 is 24.1 Å². The summed E-state index contributed by atoms with van der Waals surface area (Å²) in [4.78, 5) is 81.9. The van der Waals surface area contributed by atoms with Gasteiger partial charge in [-0.25, -0.2) is 29.1 Å². The zero-order valence-electron chi connectivity index (χ0n) is 47.0. The summed E-state index contributed by atoms with van der Waals surface area (Å²) >= 11 is 9.76. The maximum Gasteiger partial charge on any atom is 0.408 e. The van der Waals surface area contributed by atoms with Gasteiger partial charge in [0.05, 0.1) is 39.6 Å². The third-order valence-corrected chi connectivity index (χ3v) is 12.2. The molecule has 2 aromatic heterocycles. The molecule has 2 heterocycles. The molecule has 0 aliphatic carbocycles. The third-order valence-electron chi connectivity index (χ3n) is 9.85. The van der Waals surface area contributed by atoms with Crippen LogP contribution in [0.4, 0.5) is 9.59 Å². The van der Waals surface area contributed by atoms with Gasteiger partial charge < -0.3 is 34.7 Å². The molecular formula is C57H80Br2N4O11S2. The molecule has 2 rings (SSSR count). The predicted molar refractivity (Wildman–Crippen MR) is 309 cm³/mol. The molecule has 0 fully saturated rings. The second-order valence-electron chi connectivity index (χ2n) is 20.8. The molecule has 0 aromatic carbocycles. The quantitative estimate of drug-likeness (QED) is 0.0387. The number of carbonyl (C=O) groups is 6. The lowest BCUT2D eigenvalue weighted by Crippen LogP contribution is -2.42. The van der Waals surface area contributed by atoms with Crippen LogP contribution in [0.1, 0.15) is 164 Å². The van der Waals surface area contributed by atoms with Gasteiger partial charge in [0.2, 0.25) is 0 Å². The molecule has 5 atom stereocenters. The molecule has 420 valence electrons. The third kappa shape index (κ3) is 35.4. The van der Waals surface area contributed by atoms with Crippen molar-refractivity contribution in [3.8, 4) is 23.7 Å². The highest BCUT2D eigenvalue weighted by atomic mass is 79.9. The highest BCUT2D eigenvalue weighted by molar-refractivity contribution is 9.12. The molecule has 2 aromatic rings. The first-order valence-electron chi connectivity index (χ1n) is 25.3. The Labute approximate surface area is 476 Å². The number of aryl methyl sites for hydroxylation is 2. The molecule has 0 unspecified atom stereocenters. The van der Waals surface area contributed by atoms with Crippen molar-refractivity contribution in [2.75, 3.05) is 0 Å². The van der Waals surface area contributed by atoms with E-state index in [0.29, 0.717) is 63.7 Å². The first kappa shape index (κ1) is 69.1. The van der Waals surface area contributed by atoms with Crippen molar-refractivity contribution in [2.24, 2.45) is 5.92 Å². The topological polar surface area (TPSA) is 209 Å². The lowest BCUT2D eigenvalue weighted by Gasteiger charge is -2.22. The van der Waals surface area contributed by atoms with Crippen molar-refractivity contribution in [3.63, 3.8) is 0 Å². The van der Waals surface area contributed by atoms with Crippen LogP contribution in [0.5, 0.6) is 0 Å². The SMILES string of the molecule is CC(=O)[C@@H](CCCc1csc(C[C@@H](/C=C(\C)Br)OC(=O)C#C/C=C(\C)CC(C)C)n1)NC(=O)OC(C)(C)C.CC(=O)[C@@H](CCCc1csc(C[C@@H](/C=C(\C)Br)OC(=O)C#C/C=C(\C)C[C@H](C)O)n1)NC(=O)OC(C)(C)C. The number of alkyl carbamates (subject to hydrolysis) is 2. The summed E-state index contributed by atoms with van der Waals surface area (Å²) in [6.45, 7) is 27.0.